The Morgan fingerprint density at radius 1 is 1.27 bits per heavy atom. The van der Waals surface area contributed by atoms with Crippen molar-refractivity contribution in [2.24, 2.45) is 10.9 Å². The minimum atomic E-state index is -1.15. The molecule has 37 heavy (non-hydrogen) atoms. The lowest BCUT2D eigenvalue weighted by Gasteiger charge is -2.28. The molecule has 0 unspecified atom stereocenters. The summed E-state index contributed by atoms with van der Waals surface area (Å²) in [5.41, 5.74) is 3.39. The van der Waals surface area contributed by atoms with Gasteiger partial charge in [-0.1, -0.05) is 43.3 Å². The highest BCUT2D eigenvalue weighted by atomic mass is 32.1. The molecule has 1 aromatic carbocycles. The van der Waals surface area contributed by atoms with Crippen LogP contribution in [-0.4, -0.2) is 61.5 Å². The minimum Gasteiger partial charge on any atom is -0.391 e. The zero-order valence-electron chi connectivity index (χ0n) is 21.4. The van der Waals surface area contributed by atoms with E-state index in [1.54, 1.807) is 30.1 Å². The summed E-state index contributed by atoms with van der Waals surface area (Å²) in [6, 6.07) is 7.17. The number of likely N-dealkylation sites (tertiary alicyclic amines) is 1. The molecular weight excluding hydrogens is 492 g/mol. The van der Waals surface area contributed by atoms with E-state index in [1.807, 2.05) is 50.5 Å². The molecule has 10 nitrogen and oxygen atoms in total. The zero-order valence-corrected chi connectivity index (χ0v) is 22.2. The predicted molar refractivity (Wildman–Crippen MR) is 138 cm³/mol. The number of aliphatic imine (C=N–C) groups is 1. The number of nitrogens with one attached hydrogen (secondary N) is 1. The van der Waals surface area contributed by atoms with Crippen molar-refractivity contribution in [3.63, 3.8) is 0 Å². The molecule has 3 aromatic rings. The van der Waals surface area contributed by atoms with Crippen LogP contribution in [0.4, 0.5) is 0 Å². The number of nitrogens with zero attached hydrogens (tertiary/aromatic N) is 5. The summed E-state index contributed by atoms with van der Waals surface area (Å²) in [7, 11) is 0. The van der Waals surface area contributed by atoms with Crippen LogP contribution in [0, 0.1) is 19.8 Å². The fraction of sp³-hybridized carbons (Fsp3) is 0.462. The number of rotatable bonds is 6. The Labute approximate surface area is 218 Å². The Morgan fingerprint density at radius 2 is 2.00 bits per heavy atom. The standard InChI is InChI=1S/C26H30N6O4S/c1-13(2)20(23-28-15(4)31-36-23)24(34)32-11-18(33)10-19(32)22-29-25(35)26(5,30-22)17-8-6-16(7-9-17)21-14(3)27-12-37-21/h6-9,12-13,18-20,33H,10-11H2,1-5H3,(H,29,30,35)/t18-,19+,20-,26+/m1/s1. The molecule has 2 aliphatic heterocycles. The molecule has 11 heteroatoms. The first-order valence-corrected chi connectivity index (χ1v) is 13.2. The second-order valence-corrected chi connectivity index (χ2v) is 11.0. The third-order valence-electron chi connectivity index (χ3n) is 7.10. The summed E-state index contributed by atoms with van der Waals surface area (Å²) in [5.74, 6) is -0.218. The van der Waals surface area contributed by atoms with Crippen LogP contribution < -0.4 is 5.32 Å². The Morgan fingerprint density at radius 3 is 2.59 bits per heavy atom. The number of amides is 2. The number of aliphatic hydroxyl groups excluding tert-OH is 1. The van der Waals surface area contributed by atoms with Crippen molar-refractivity contribution in [2.45, 2.75) is 64.6 Å². The molecule has 0 spiro atoms. The second-order valence-electron chi connectivity index (χ2n) is 10.2. The minimum absolute atomic E-state index is 0.114. The third kappa shape index (κ3) is 4.46. The Kier molecular flexibility index (Phi) is 6.45. The number of thiazole rings is 1. The third-order valence-corrected chi connectivity index (χ3v) is 8.08. The first-order valence-electron chi connectivity index (χ1n) is 12.3. The monoisotopic (exact) mass is 522 g/mol. The summed E-state index contributed by atoms with van der Waals surface area (Å²) >= 11 is 1.57. The summed E-state index contributed by atoms with van der Waals surface area (Å²) in [5, 5.41) is 17.3. The maximum absolute atomic E-state index is 13.7. The first-order chi connectivity index (χ1) is 17.6. The van der Waals surface area contributed by atoms with Gasteiger partial charge in [0.05, 0.1) is 28.2 Å². The molecule has 2 N–H and O–H groups in total. The number of amidine groups is 1. The van der Waals surface area contributed by atoms with Crippen molar-refractivity contribution in [3.05, 3.63) is 52.7 Å². The van der Waals surface area contributed by atoms with Gasteiger partial charge in [-0.15, -0.1) is 11.3 Å². The first kappa shape index (κ1) is 25.2. The lowest BCUT2D eigenvalue weighted by atomic mass is 9.91. The average molecular weight is 523 g/mol. The van der Waals surface area contributed by atoms with Crippen LogP contribution in [0.3, 0.4) is 0 Å². The number of benzene rings is 1. The van der Waals surface area contributed by atoms with E-state index in [-0.39, 0.29) is 36.6 Å². The maximum Gasteiger partial charge on any atom is 0.257 e. The van der Waals surface area contributed by atoms with Crippen LogP contribution in [0.15, 0.2) is 39.3 Å². The normalized spacial score (nSPS) is 24.5. The van der Waals surface area contributed by atoms with Crippen molar-refractivity contribution >= 4 is 29.0 Å². The molecule has 1 saturated heterocycles. The number of carbonyl (C=O) groups is 2. The van der Waals surface area contributed by atoms with E-state index in [1.165, 1.54) is 0 Å². The largest absolute Gasteiger partial charge is 0.391 e. The van der Waals surface area contributed by atoms with E-state index < -0.39 is 23.6 Å². The van der Waals surface area contributed by atoms with E-state index in [0.717, 1.165) is 21.7 Å². The second kappa shape index (κ2) is 9.46. The summed E-state index contributed by atoms with van der Waals surface area (Å²) in [6.45, 7) is 9.38. The number of hydrogen-bond donors (Lipinski definition) is 2. The van der Waals surface area contributed by atoms with Gasteiger partial charge in [0.25, 0.3) is 5.91 Å². The van der Waals surface area contributed by atoms with E-state index in [2.05, 4.69) is 20.4 Å². The molecule has 2 amide bonds. The van der Waals surface area contributed by atoms with Crippen molar-refractivity contribution < 1.29 is 19.2 Å². The number of aliphatic hydroxyl groups is 1. The highest BCUT2D eigenvalue weighted by Crippen LogP contribution is 2.36. The van der Waals surface area contributed by atoms with E-state index >= 15 is 0 Å². The number of aromatic nitrogens is 3. The molecule has 2 aliphatic rings. The van der Waals surface area contributed by atoms with Crippen LogP contribution in [0.5, 0.6) is 0 Å². The summed E-state index contributed by atoms with van der Waals surface area (Å²) in [4.78, 5) is 43.0. The lowest BCUT2D eigenvalue weighted by molar-refractivity contribution is -0.134. The molecule has 194 valence electrons. The highest BCUT2D eigenvalue weighted by Gasteiger charge is 2.48. The summed E-state index contributed by atoms with van der Waals surface area (Å²) in [6.07, 6.45) is -0.461. The van der Waals surface area contributed by atoms with Crippen LogP contribution in [0.25, 0.3) is 10.4 Å². The molecule has 4 heterocycles. The molecule has 2 aromatic heterocycles. The topological polar surface area (TPSA) is 134 Å². The summed E-state index contributed by atoms with van der Waals surface area (Å²) < 4.78 is 5.33. The van der Waals surface area contributed by atoms with E-state index in [9.17, 15) is 14.7 Å². The molecule has 0 bridgehead atoms. The van der Waals surface area contributed by atoms with Gasteiger partial charge in [-0.05, 0) is 37.8 Å². The molecule has 1 fully saturated rings. The Hall–Kier alpha value is -3.44. The van der Waals surface area contributed by atoms with Gasteiger partial charge >= 0.3 is 0 Å². The molecule has 5 rings (SSSR count). The fourth-order valence-corrected chi connectivity index (χ4v) is 5.86. The van der Waals surface area contributed by atoms with Gasteiger partial charge in [0.1, 0.15) is 11.8 Å². The molecular formula is C26H30N6O4S. The number of aryl methyl sites for hydroxylation is 2. The van der Waals surface area contributed by atoms with E-state index in [0.29, 0.717) is 11.7 Å². The quantitative estimate of drug-likeness (QED) is 0.508. The fourth-order valence-electron chi connectivity index (χ4n) is 5.05. The van der Waals surface area contributed by atoms with Gasteiger partial charge < -0.3 is 19.8 Å². The van der Waals surface area contributed by atoms with Gasteiger partial charge in [-0.25, -0.2) is 9.98 Å². The van der Waals surface area contributed by atoms with Gasteiger partial charge in [0, 0.05) is 13.0 Å². The molecule has 0 saturated carbocycles. The van der Waals surface area contributed by atoms with Crippen molar-refractivity contribution in [1.82, 2.24) is 25.3 Å². The smallest absolute Gasteiger partial charge is 0.257 e. The Balaban J connectivity index is 1.43. The van der Waals surface area contributed by atoms with Crippen molar-refractivity contribution in [1.29, 1.82) is 0 Å². The van der Waals surface area contributed by atoms with Gasteiger partial charge in [0.15, 0.2) is 11.4 Å². The predicted octanol–water partition coefficient (Wildman–Crippen LogP) is 2.96. The van der Waals surface area contributed by atoms with Crippen molar-refractivity contribution in [3.8, 4) is 10.4 Å². The SMILES string of the molecule is Cc1noc([C@H](C(=O)N2C[C@H](O)C[C@H]2C2=N[C@@](C)(c3ccc(-c4scnc4C)cc3)C(=O)N2)C(C)C)n1. The van der Waals surface area contributed by atoms with Crippen molar-refractivity contribution in [2.75, 3.05) is 6.54 Å². The number of hydrogen-bond acceptors (Lipinski definition) is 9. The number of β-amino-alcohol motifs (C(OH)–C–C–N with tert-alkyl or cyclic N) is 1. The maximum atomic E-state index is 13.7. The van der Waals surface area contributed by atoms with Gasteiger partial charge in [-0.3, -0.25) is 9.59 Å². The molecule has 0 aliphatic carbocycles. The average Bonchev–Trinajstić information content (AvgIpc) is 3.62. The molecule has 0 radical (unpaired) electrons. The van der Waals surface area contributed by atoms with Crippen LogP contribution in [-0.2, 0) is 15.1 Å². The van der Waals surface area contributed by atoms with Gasteiger partial charge in [0.2, 0.25) is 11.8 Å². The zero-order chi connectivity index (χ0) is 26.5. The highest BCUT2D eigenvalue weighted by molar-refractivity contribution is 7.13. The molecule has 4 atom stereocenters. The van der Waals surface area contributed by atoms with Crippen LogP contribution >= 0.6 is 11.3 Å². The van der Waals surface area contributed by atoms with E-state index in [4.69, 9.17) is 9.52 Å². The Bertz CT molecular complexity index is 1360. The van der Waals surface area contributed by atoms with Gasteiger partial charge in [-0.2, -0.15) is 4.98 Å². The van der Waals surface area contributed by atoms with Crippen LogP contribution in [0.1, 0.15) is 56.1 Å². The lowest BCUT2D eigenvalue weighted by Crippen LogP contribution is -2.48. The number of carbonyl (C=O) groups excluding carboxylic acids is 2. The van der Waals surface area contributed by atoms with Crippen LogP contribution in [0.2, 0.25) is 0 Å².